The van der Waals surface area contributed by atoms with Crippen LogP contribution in [-0.4, -0.2) is 23.0 Å². The van der Waals surface area contributed by atoms with E-state index >= 15 is 0 Å². The molecule has 2 N–H and O–H groups in total. The van der Waals surface area contributed by atoms with Gasteiger partial charge in [0.05, 0.1) is 12.6 Å². The van der Waals surface area contributed by atoms with Crippen molar-refractivity contribution in [2.24, 2.45) is 0 Å². The lowest BCUT2D eigenvalue weighted by molar-refractivity contribution is -0.112. The Labute approximate surface area is 160 Å². The fraction of sp³-hybridized carbons (Fsp3) is 0.190. The number of benzene rings is 1. The Hall–Kier alpha value is -3.61. The second-order valence-electron chi connectivity index (χ2n) is 6.54. The van der Waals surface area contributed by atoms with Gasteiger partial charge >= 0.3 is 5.76 Å². The number of aromatic amines is 1. The molecule has 7 nitrogen and oxygen atoms in total. The van der Waals surface area contributed by atoms with Crippen molar-refractivity contribution in [3.05, 3.63) is 70.4 Å². The summed E-state index contributed by atoms with van der Waals surface area (Å²) in [6.07, 6.45) is 7.97. The minimum absolute atomic E-state index is 0.199. The second-order valence-corrected chi connectivity index (χ2v) is 6.54. The first-order valence-electron chi connectivity index (χ1n) is 8.93. The van der Waals surface area contributed by atoms with Crippen molar-refractivity contribution in [1.29, 1.82) is 0 Å². The lowest BCUT2D eigenvalue weighted by Crippen LogP contribution is -2.09. The van der Waals surface area contributed by atoms with Crippen molar-refractivity contribution in [2.75, 3.05) is 12.4 Å². The molecule has 1 aliphatic carbocycles. The summed E-state index contributed by atoms with van der Waals surface area (Å²) < 4.78 is 10.1. The molecular weight excluding hydrogens is 358 g/mol. The molecule has 2 aromatic heterocycles. The number of nitrogens with zero attached hydrogens (tertiary/aromatic N) is 1. The summed E-state index contributed by atoms with van der Waals surface area (Å²) in [6.45, 7) is 0. The van der Waals surface area contributed by atoms with E-state index in [9.17, 15) is 9.59 Å². The van der Waals surface area contributed by atoms with Crippen LogP contribution in [0.4, 0.5) is 5.69 Å². The van der Waals surface area contributed by atoms with Crippen LogP contribution in [0.5, 0.6) is 5.88 Å². The van der Waals surface area contributed by atoms with Crippen molar-refractivity contribution in [1.82, 2.24) is 9.97 Å². The van der Waals surface area contributed by atoms with E-state index in [1.165, 1.54) is 5.57 Å². The van der Waals surface area contributed by atoms with Crippen LogP contribution in [-0.2, 0) is 4.79 Å². The highest BCUT2D eigenvalue weighted by molar-refractivity contribution is 6.00. The van der Waals surface area contributed by atoms with Crippen LogP contribution >= 0.6 is 0 Å². The molecule has 0 spiro atoms. The van der Waals surface area contributed by atoms with E-state index < -0.39 is 5.76 Å². The normalized spacial score (nSPS) is 15.5. The summed E-state index contributed by atoms with van der Waals surface area (Å²) in [5.41, 5.74) is 4.95. The monoisotopic (exact) mass is 377 g/mol. The Bertz CT molecular complexity index is 1140. The minimum atomic E-state index is -0.516. The molecule has 1 aliphatic rings. The molecule has 0 aliphatic heterocycles. The standard InChI is InChI=1S/C21H19N3O4/c1-27-20-9-6-15(12-22-20)14-4-2-13(3-5-14)10-19(25)23-16-7-8-17-18(11-16)28-21(26)24-17/h4,6-12H,2-3,5H2,1H3,(H,23,25)(H,24,26)/b13-10-. The molecule has 1 aromatic carbocycles. The minimum Gasteiger partial charge on any atom is -0.481 e. The largest absolute Gasteiger partial charge is 0.481 e. The topological polar surface area (TPSA) is 97.2 Å². The van der Waals surface area contributed by atoms with E-state index in [0.717, 1.165) is 30.4 Å². The van der Waals surface area contributed by atoms with Crippen molar-refractivity contribution < 1.29 is 13.9 Å². The van der Waals surface area contributed by atoms with Crippen LogP contribution in [0, 0.1) is 0 Å². The van der Waals surface area contributed by atoms with E-state index in [1.54, 1.807) is 31.4 Å². The number of amides is 1. The van der Waals surface area contributed by atoms with Crippen molar-refractivity contribution in [2.45, 2.75) is 19.3 Å². The third-order valence-electron chi connectivity index (χ3n) is 4.67. The van der Waals surface area contributed by atoms with Gasteiger partial charge in [0.2, 0.25) is 11.8 Å². The first kappa shape index (κ1) is 17.8. The molecule has 3 aromatic rings. The fourth-order valence-electron chi connectivity index (χ4n) is 3.22. The third-order valence-corrected chi connectivity index (χ3v) is 4.67. The van der Waals surface area contributed by atoms with Crippen LogP contribution in [0.15, 0.2) is 63.5 Å². The average molecular weight is 377 g/mol. The summed E-state index contributed by atoms with van der Waals surface area (Å²) in [5, 5.41) is 2.81. The molecule has 0 bridgehead atoms. The van der Waals surface area contributed by atoms with Gasteiger partial charge in [0, 0.05) is 30.1 Å². The summed E-state index contributed by atoms with van der Waals surface area (Å²) in [4.78, 5) is 30.3. The Kier molecular flexibility index (Phi) is 4.80. The van der Waals surface area contributed by atoms with E-state index in [0.29, 0.717) is 22.7 Å². The highest BCUT2D eigenvalue weighted by Crippen LogP contribution is 2.30. The molecule has 4 rings (SSSR count). The maximum Gasteiger partial charge on any atom is 0.417 e. The zero-order valence-corrected chi connectivity index (χ0v) is 15.3. The van der Waals surface area contributed by atoms with Gasteiger partial charge in [-0.15, -0.1) is 0 Å². The Morgan fingerprint density at radius 1 is 1.29 bits per heavy atom. The number of rotatable bonds is 4. The van der Waals surface area contributed by atoms with Gasteiger partial charge in [0.25, 0.3) is 0 Å². The number of H-pyrrole nitrogens is 1. The molecule has 2 heterocycles. The van der Waals surface area contributed by atoms with E-state index in [-0.39, 0.29) is 5.91 Å². The molecule has 0 saturated heterocycles. The number of aromatic nitrogens is 2. The van der Waals surface area contributed by atoms with Crippen molar-refractivity contribution in [3.8, 4) is 5.88 Å². The number of carbonyl (C=O) groups is 1. The number of nitrogens with one attached hydrogen (secondary N) is 2. The molecule has 0 atom stereocenters. The number of carbonyl (C=O) groups excluding carboxylic acids is 1. The molecule has 0 saturated carbocycles. The highest BCUT2D eigenvalue weighted by atomic mass is 16.5. The quantitative estimate of drug-likeness (QED) is 0.676. The number of methoxy groups -OCH3 is 1. The van der Waals surface area contributed by atoms with Crippen LogP contribution < -0.4 is 15.8 Å². The number of ether oxygens (including phenoxy) is 1. The number of oxazole rings is 1. The van der Waals surface area contributed by atoms with Gasteiger partial charge in [0.15, 0.2) is 5.58 Å². The van der Waals surface area contributed by atoms with Crippen LogP contribution in [0.1, 0.15) is 24.8 Å². The number of fused-ring (bicyclic) bond motifs is 1. The number of hydrogen-bond acceptors (Lipinski definition) is 5. The summed E-state index contributed by atoms with van der Waals surface area (Å²) in [5.74, 6) is -0.123. The predicted octanol–water partition coefficient (Wildman–Crippen LogP) is 3.66. The van der Waals surface area contributed by atoms with Gasteiger partial charge in [-0.2, -0.15) is 0 Å². The summed E-state index contributed by atoms with van der Waals surface area (Å²) in [7, 11) is 1.59. The van der Waals surface area contributed by atoms with Gasteiger partial charge in [0.1, 0.15) is 0 Å². The summed E-state index contributed by atoms with van der Waals surface area (Å²) >= 11 is 0. The van der Waals surface area contributed by atoms with E-state index in [4.69, 9.17) is 9.15 Å². The number of hydrogen-bond donors (Lipinski definition) is 2. The van der Waals surface area contributed by atoms with Crippen molar-refractivity contribution in [3.63, 3.8) is 0 Å². The van der Waals surface area contributed by atoms with E-state index in [2.05, 4.69) is 21.4 Å². The van der Waals surface area contributed by atoms with Crippen LogP contribution in [0.3, 0.4) is 0 Å². The number of anilines is 1. The zero-order chi connectivity index (χ0) is 19.5. The smallest absolute Gasteiger partial charge is 0.417 e. The number of allylic oxidation sites excluding steroid dienone is 3. The fourth-order valence-corrected chi connectivity index (χ4v) is 3.22. The average Bonchev–Trinajstić information content (AvgIpc) is 3.08. The van der Waals surface area contributed by atoms with Crippen molar-refractivity contribution >= 4 is 28.3 Å². The molecule has 0 radical (unpaired) electrons. The Morgan fingerprint density at radius 2 is 2.18 bits per heavy atom. The second kappa shape index (κ2) is 7.56. The third kappa shape index (κ3) is 3.88. The maximum atomic E-state index is 12.3. The molecule has 0 fully saturated rings. The SMILES string of the molecule is COc1ccc(C2=CC/C(=C/C(=O)Nc3ccc4[nH]c(=O)oc4c3)CC2)cn1. The lowest BCUT2D eigenvalue weighted by atomic mass is 9.91. The lowest BCUT2D eigenvalue weighted by Gasteiger charge is -2.16. The van der Waals surface area contributed by atoms with Gasteiger partial charge in [-0.25, -0.2) is 9.78 Å². The maximum absolute atomic E-state index is 12.3. The van der Waals surface area contributed by atoms with E-state index in [1.807, 2.05) is 18.3 Å². The molecule has 142 valence electrons. The number of pyridine rings is 1. The molecule has 1 amide bonds. The van der Waals surface area contributed by atoms with Crippen LogP contribution in [0.25, 0.3) is 16.7 Å². The zero-order valence-electron chi connectivity index (χ0n) is 15.3. The van der Waals surface area contributed by atoms with Gasteiger partial charge in [-0.05, 0) is 48.6 Å². The molecular formula is C21H19N3O4. The van der Waals surface area contributed by atoms with Gasteiger partial charge in [-0.1, -0.05) is 11.6 Å². The Balaban J connectivity index is 1.41. The highest BCUT2D eigenvalue weighted by Gasteiger charge is 2.12. The molecule has 0 unspecified atom stereocenters. The van der Waals surface area contributed by atoms with Gasteiger partial charge in [-0.3, -0.25) is 9.78 Å². The van der Waals surface area contributed by atoms with Crippen LogP contribution in [0.2, 0.25) is 0 Å². The predicted molar refractivity (Wildman–Crippen MR) is 106 cm³/mol. The summed E-state index contributed by atoms with van der Waals surface area (Å²) in [6, 6.07) is 8.88. The molecule has 7 heteroatoms. The first-order valence-corrected chi connectivity index (χ1v) is 8.93. The Morgan fingerprint density at radius 3 is 2.89 bits per heavy atom. The molecule has 28 heavy (non-hydrogen) atoms. The van der Waals surface area contributed by atoms with Gasteiger partial charge < -0.3 is 14.5 Å². The first-order chi connectivity index (χ1) is 13.6.